The van der Waals surface area contributed by atoms with Crippen LogP contribution in [0.4, 0.5) is 4.79 Å². The SMILES string of the molecule is O=C(ON1C(=O)c2ccccc2C1=O)[C@@H]1Cc2c([nH]c3ccccc23)CN1C(=O)OCC1c2ccccc2-c2ccccc21. The topological polar surface area (TPSA) is 109 Å². The summed E-state index contributed by atoms with van der Waals surface area (Å²) in [7, 11) is 0. The van der Waals surface area contributed by atoms with Crippen LogP contribution in [0.5, 0.6) is 0 Å². The molecule has 0 unspecified atom stereocenters. The van der Waals surface area contributed by atoms with E-state index in [1.165, 1.54) is 17.0 Å². The molecular formula is C35H25N3O6. The zero-order chi connectivity index (χ0) is 29.9. The monoisotopic (exact) mass is 583 g/mol. The number of benzene rings is 4. The fraction of sp³-hybridized carbons (Fsp3) is 0.143. The van der Waals surface area contributed by atoms with E-state index in [4.69, 9.17) is 9.57 Å². The van der Waals surface area contributed by atoms with Gasteiger partial charge in [-0.3, -0.25) is 14.5 Å². The molecule has 216 valence electrons. The van der Waals surface area contributed by atoms with E-state index in [2.05, 4.69) is 17.1 Å². The van der Waals surface area contributed by atoms with Crippen LogP contribution in [0.25, 0.3) is 22.0 Å². The van der Waals surface area contributed by atoms with Gasteiger partial charge in [-0.2, -0.15) is 0 Å². The van der Waals surface area contributed by atoms with Gasteiger partial charge in [-0.25, -0.2) is 9.59 Å². The Morgan fingerprint density at radius 2 is 1.32 bits per heavy atom. The number of hydrogen-bond acceptors (Lipinski definition) is 6. The first-order valence-corrected chi connectivity index (χ1v) is 14.4. The van der Waals surface area contributed by atoms with E-state index in [9.17, 15) is 19.2 Å². The Hall–Kier alpha value is -5.70. The normalized spacial score (nSPS) is 16.9. The van der Waals surface area contributed by atoms with E-state index in [1.54, 1.807) is 12.1 Å². The minimum atomic E-state index is -1.14. The summed E-state index contributed by atoms with van der Waals surface area (Å²) in [6.45, 7) is 0.131. The maximum Gasteiger partial charge on any atom is 0.410 e. The molecule has 1 aliphatic carbocycles. The predicted octanol–water partition coefficient (Wildman–Crippen LogP) is 5.60. The van der Waals surface area contributed by atoms with Gasteiger partial charge in [-0.05, 0) is 46.0 Å². The zero-order valence-electron chi connectivity index (χ0n) is 23.4. The number of ether oxygens (including phenoxy) is 1. The molecule has 9 heteroatoms. The maximum atomic E-state index is 13.8. The highest BCUT2D eigenvalue weighted by molar-refractivity contribution is 6.21. The zero-order valence-corrected chi connectivity index (χ0v) is 23.4. The molecule has 8 rings (SSSR count). The molecule has 0 fully saturated rings. The van der Waals surface area contributed by atoms with Crippen LogP contribution in [0.3, 0.4) is 0 Å². The quantitative estimate of drug-likeness (QED) is 0.276. The van der Waals surface area contributed by atoms with Crippen LogP contribution < -0.4 is 0 Å². The fourth-order valence-electron chi connectivity index (χ4n) is 6.69. The molecule has 1 N–H and O–H groups in total. The van der Waals surface area contributed by atoms with Gasteiger partial charge < -0.3 is 14.6 Å². The van der Waals surface area contributed by atoms with E-state index < -0.39 is 29.9 Å². The van der Waals surface area contributed by atoms with Gasteiger partial charge in [0.25, 0.3) is 11.8 Å². The number of carbonyl (C=O) groups excluding carboxylic acids is 4. The Morgan fingerprint density at radius 1 is 0.750 bits per heavy atom. The Morgan fingerprint density at radius 3 is 1.98 bits per heavy atom. The van der Waals surface area contributed by atoms with Crippen molar-refractivity contribution in [1.29, 1.82) is 0 Å². The first-order chi connectivity index (χ1) is 21.5. The first kappa shape index (κ1) is 26.0. The number of aromatic amines is 1. The third-order valence-corrected chi connectivity index (χ3v) is 8.78. The second-order valence-corrected chi connectivity index (χ2v) is 11.1. The average Bonchev–Trinajstić information content (AvgIpc) is 3.67. The van der Waals surface area contributed by atoms with Crippen LogP contribution in [0.1, 0.15) is 49.0 Å². The molecule has 5 aromatic rings. The minimum Gasteiger partial charge on any atom is -0.448 e. The minimum absolute atomic E-state index is 0.0581. The molecule has 3 heterocycles. The summed E-state index contributed by atoms with van der Waals surface area (Å²) in [5.74, 6) is -2.52. The van der Waals surface area contributed by atoms with Crippen molar-refractivity contribution >= 4 is 34.8 Å². The van der Waals surface area contributed by atoms with E-state index in [-0.39, 0.29) is 36.6 Å². The van der Waals surface area contributed by atoms with Crippen molar-refractivity contribution < 1.29 is 28.8 Å². The van der Waals surface area contributed by atoms with Gasteiger partial charge in [-0.15, -0.1) is 0 Å². The van der Waals surface area contributed by atoms with Crippen molar-refractivity contribution in [2.45, 2.75) is 24.9 Å². The number of rotatable bonds is 4. The first-order valence-electron chi connectivity index (χ1n) is 14.4. The molecule has 0 radical (unpaired) electrons. The Bertz CT molecular complexity index is 1950. The van der Waals surface area contributed by atoms with Crippen LogP contribution in [-0.4, -0.2) is 51.5 Å². The second-order valence-electron chi connectivity index (χ2n) is 11.1. The maximum absolute atomic E-state index is 13.8. The third kappa shape index (κ3) is 3.93. The highest BCUT2D eigenvalue weighted by Gasteiger charge is 2.44. The van der Waals surface area contributed by atoms with E-state index in [1.807, 2.05) is 60.7 Å². The highest BCUT2D eigenvalue weighted by atomic mass is 16.7. The average molecular weight is 584 g/mol. The number of fused-ring (bicyclic) bond motifs is 7. The van der Waals surface area contributed by atoms with Crippen molar-refractivity contribution in [3.05, 3.63) is 131 Å². The van der Waals surface area contributed by atoms with E-state index >= 15 is 0 Å². The number of nitrogens with one attached hydrogen (secondary N) is 1. The van der Waals surface area contributed by atoms with Crippen LogP contribution in [0.15, 0.2) is 97.1 Å². The summed E-state index contributed by atoms with van der Waals surface area (Å²) in [5.41, 5.74) is 7.18. The van der Waals surface area contributed by atoms with Gasteiger partial charge in [-0.1, -0.05) is 83.9 Å². The van der Waals surface area contributed by atoms with Crippen LogP contribution >= 0.6 is 0 Å². The molecule has 0 saturated heterocycles. The number of para-hydroxylation sites is 1. The van der Waals surface area contributed by atoms with Crippen molar-refractivity contribution in [1.82, 2.24) is 14.9 Å². The van der Waals surface area contributed by atoms with Gasteiger partial charge in [0.1, 0.15) is 12.6 Å². The summed E-state index contributed by atoms with van der Waals surface area (Å²) in [6.07, 6.45) is -0.577. The lowest BCUT2D eigenvalue weighted by atomic mass is 9.97. The molecule has 3 aliphatic rings. The molecule has 44 heavy (non-hydrogen) atoms. The number of imide groups is 1. The number of hydrogen-bond donors (Lipinski definition) is 1. The van der Waals surface area contributed by atoms with Crippen molar-refractivity contribution in [2.24, 2.45) is 0 Å². The van der Waals surface area contributed by atoms with Crippen molar-refractivity contribution in [3.63, 3.8) is 0 Å². The Balaban J connectivity index is 1.08. The third-order valence-electron chi connectivity index (χ3n) is 8.78. The molecule has 0 saturated carbocycles. The molecule has 0 spiro atoms. The smallest absolute Gasteiger partial charge is 0.410 e. The van der Waals surface area contributed by atoms with Gasteiger partial charge in [0.15, 0.2) is 0 Å². The lowest BCUT2D eigenvalue weighted by Crippen LogP contribution is -2.51. The number of hydroxylamine groups is 2. The molecular weight excluding hydrogens is 558 g/mol. The van der Waals surface area contributed by atoms with Gasteiger partial charge in [0, 0.05) is 28.9 Å². The number of aromatic nitrogens is 1. The molecule has 2 aliphatic heterocycles. The summed E-state index contributed by atoms with van der Waals surface area (Å²) in [4.78, 5) is 63.5. The number of carbonyl (C=O) groups is 4. The van der Waals surface area contributed by atoms with Crippen LogP contribution in [0.2, 0.25) is 0 Å². The predicted molar refractivity (Wildman–Crippen MR) is 159 cm³/mol. The van der Waals surface area contributed by atoms with Crippen LogP contribution in [0, 0.1) is 0 Å². The molecule has 3 amide bonds. The Labute approximate surface area is 251 Å². The van der Waals surface area contributed by atoms with Gasteiger partial charge in [0.2, 0.25) is 0 Å². The highest BCUT2D eigenvalue weighted by Crippen LogP contribution is 2.44. The summed E-state index contributed by atoms with van der Waals surface area (Å²) in [5, 5.41) is 1.40. The fourth-order valence-corrected chi connectivity index (χ4v) is 6.69. The molecule has 1 aromatic heterocycles. The standard InChI is InChI=1S/C35H25N3O6/c39-32-25-14-5-6-15-26(25)33(40)38(32)44-34(41)31-17-27-24-13-7-8-16-29(24)36-30(27)18-37(31)35(42)43-19-28-22-11-3-1-9-20(22)21-10-2-4-12-23(21)28/h1-16,28,31,36H,17-19H2/t31-/m0/s1. The summed E-state index contributed by atoms with van der Waals surface area (Å²) >= 11 is 0. The molecule has 1 atom stereocenters. The van der Waals surface area contributed by atoms with E-state index in [0.29, 0.717) is 5.06 Å². The van der Waals surface area contributed by atoms with Crippen LogP contribution in [-0.2, 0) is 27.3 Å². The Kier molecular flexibility index (Phi) is 5.87. The second kappa shape index (κ2) is 9.95. The number of amides is 3. The molecule has 0 bridgehead atoms. The van der Waals surface area contributed by atoms with Gasteiger partial charge >= 0.3 is 12.1 Å². The molecule has 9 nitrogen and oxygen atoms in total. The van der Waals surface area contributed by atoms with Crippen molar-refractivity contribution in [2.75, 3.05) is 6.61 Å². The van der Waals surface area contributed by atoms with Gasteiger partial charge in [0.05, 0.1) is 17.7 Å². The number of nitrogens with zero attached hydrogens (tertiary/aromatic N) is 2. The van der Waals surface area contributed by atoms with Crippen molar-refractivity contribution in [3.8, 4) is 11.1 Å². The van der Waals surface area contributed by atoms with E-state index in [0.717, 1.165) is 44.4 Å². The lowest BCUT2D eigenvalue weighted by molar-refractivity contribution is -0.175. The molecule has 4 aromatic carbocycles. The largest absolute Gasteiger partial charge is 0.448 e. The number of H-pyrrole nitrogens is 1. The summed E-state index contributed by atoms with van der Waals surface area (Å²) in [6, 6.07) is 28.9. The summed E-state index contributed by atoms with van der Waals surface area (Å²) < 4.78 is 5.93. The lowest BCUT2D eigenvalue weighted by Gasteiger charge is -2.34.